The first kappa shape index (κ1) is 28.4. The average molecular weight is 583 g/mol. The lowest BCUT2D eigenvalue weighted by molar-refractivity contribution is -0.145. The van der Waals surface area contributed by atoms with Gasteiger partial charge in [0, 0.05) is 29.7 Å². The highest BCUT2D eigenvalue weighted by atomic mass is 35.5. The van der Waals surface area contributed by atoms with Crippen molar-refractivity contribution >= 4 is 29.2 Å². The number of carbonyl (C=O) groups is 1. The Morgan fingerprint density at radius 3 is 2.46 bits per heavy atom. The second-order valence-electron chi connectivity index (χ2n) is 11.2. The van der Waals surface area contributed by atoms with E-state index in [1.165, 1.54) is 18.7 Å². The summed E-state index contributed by atoms with van der Waals surface area (Å²) in [6.45, 7) is 2.41. The zero-order chi connectivity index (χ0) is 27.9. The van der Waals surface area contributed by atoms with Crippen LogP contribution in [0.15, 0.2) is 30.3 Å². The van der Waals surface area contributed by atoms with Crippen molar-refractivity contribution in [2.24, 2.45) is 11.8 Å². The van der Waals surface area contributed by atoms with Crippen LogP contribution in [0.4, 0.5) is 8.78 Å². The Hall–Kier alpha value is -2.09. The number of likely N-dealkylation sites (tertiary alicyclic amines) is 1. The summed E-state index contributed by atoms with van der Waals surface area (Å²) in [5, 5.41) is 0.457. The summed E-state index contributed by atoms with van der Waals surface area (Å²) < 4.78 is 42.8. The Morgan fingerprint density at radius 1 is 1.10 bits per heavy atom. The quantitative estimate of drug-likeness (QED) is 0.297. The van der Waals surface area contributed by atoms with E-state index in [0.717, 1.165) is 62.9 Å². The van der Waals surface area contributed by atoms with E-state index in [4.69, 9.17) is 37.4 Å². The van der Waals surface area contributed by atoms with Gasteiger partial charge in [0.05, 0.1) is 18.1 Å². The molecule has 1 saturated carbocycles. The summed E-state index contributed by atoms with van der Waals surface area (Å²) in [4.78, 5) is 14.6. The monoisotopic (exact) mass is 581 g/mol. The normalized spacial score (nSPS) is 21.1. The highest BCUT2D eigenvalue weighted by molar-refractivity contribution is 6.35. The molecule has 212 valence electrons. The first-order chi connectivity index (χ1) is 18.6. The molecule has 2 fully saturated rings. The lowest BCUT2D eigenvalue weighted by atomic mass is 9.80. The van der Waals surface area contributed by atoms with Crippen molar-refractivity contribution in [3.63, 3.8) is 0 Å². The molecule has 3 unspecified atom stereocenters. The van der Waals surface area contributed by atoms with Crippen molar-refractivity contribution in [2.45, 2.75) is 76.5 Å². The van der Waals surface area contributed by atoms with Gasteiger partial charge in [-0.15, -0.1) is 0 Å². The largest absolute Gasteiger partial charge is 0.487 e. The number of hydrogen-bond donors (Lipinski definition) is 0. The maximum Gasteiger partial charge on any atom is 0.387 e. The van der Waals surface area contributed by atoms with Gasteiger partial charge in [-0.3, -0.25) is 9.69 Å². The van der Waals surface area contributed by atoms with Crippen LogP contribution in [0.2, 0.25) is 10.0 Å². The molecule has 9 heteroatoms. The molecule has 0 bridgehead atoms. The van der Waals surface area contributed by atoms with Crippen LogP contribution in [0.3, 0.4) is 0 Å². The van der Waals surface area contributed by atoms with Crippen LogP contribution in [0.1, 0.15) is 74.6 Å². The molecular weight excluding hydrogens is 547 g/mol. The third-order valence-electron chi connectivity index (χ3n) is 8.85. The Labute approximate surface area is 238 Å². The first-order valence-corrected chi connectivity index (χ1v) is 14.4. The molecule has 39 heavy (non-hydrogen) atoms. The predicted molar refractivity (Wildman–Crippen MR) is 147 cm³/mol. The van der Waals surface area contributed by atoms with Crippen molar-refractivity contribution in [1.29, 1.82) is 0 Å². The fraction of sp³-hybridized carbons (Fsp3) is 0.567. The standard InChI is InChI=1S/C30H35Cl2F2NO4/c1-17(28(36)37-3)26(20-5-6-20)21-7-4-19-8-9-30(39-25(19)14-21)10-12-35(13-11-30)18(2)23-15-22(31)16-24(32)27(23)38-29(33)34/h4,7,14-18,20,26,29H,5-6,8-13H2,1-3H3. The number of esters is 1. The summed E-state index contributed by atoms with van der Waals surface area (Å²) in [5.41, 5.74) is 2.61. The van der Waals surface area contributed by atoms with Gasteiger partial charge in [-0.2, -0.15) is 8.78 Å². The molecule has 2 aromatic rings. The summed E-state index contributed by atoms with van der Waals surface area (Å²) in [5.74, 6) is 1.13. The Kier molecular flexibility index (Phi) is 8.33. The smallest absolute Gasteiger partial charge is 0.387 e. The highest BCUT2D eigenvalue weighted by Gasteiger charge is 2.43. The molecule has 2 heterocycles. The van der Waals surface area contributed by atoms with Crippen LogP contribution in [0.5, 0.6) is 11.5 Å². The molecule has 1 aliphatic carbocycles. The fourth-order valence-electron chi connectivity index (χ4n) is 6.46. The van der Waals surface area contributed by atoms with Gasteiger partial charge in [-0.05, 0) is 86.6 Å². The maximum atomic E-state index is 13.1. The molecule has 5 rings (SSSR count). The lowest BCUT2D eigenvalue weighted by Crippen LogP contribution is -2.50. The summed E-state index contributed by atoms with van der Waals surface area (Å²) in [6, 6.07) is 9.32. The number of rotatable bonds is 8. The number of piperidine rings is 1. The number of benzene rings is 2. The van der Waals surface area contributed by atoms with E-state index in [2.05, 4.69) is 23.1 Å². The van der Waals surface area contributed by atoms with Gasteiger partial charge in [0.15, 0.2) is 0 Å². The SMILES string of the molecule is COC(=O)C(C)C(c1ccc2c(c1)OC1(CC2)CCN(C(C)c2cc(Cl)cc(Cl)c2OC(F)F)CC1)C1CC1. The minimum atomic E-state index is -2.98. The molecule has 0 radical (unpaired) electrons. The number of ether oxygens (including phenoxy) is 3. The van der Waals surface area contributed by atoms with Crippen molar-refractivity contribution < 1.29 is 27.8 Å². The minimum absolute atomic E-state index is 0.0226. The number of nitrogens with zero attached hydrogens (tertiary/aromatic N) is 1. The molecular formula is C30H35Cl2F2NO4. The van der Waals surface area contributed by atoms with Crippen LogP contribution < -0.4 is 9.47 Å². The second-order valence-corrected chi connectivity index (χ2v) is 12.1. The van der Waals surface area contributed by atoms with Gasteiger partial charge in [0.25, 0.3) is 0 Å². The molecule has 2 aliphatic heterocycles. The van der Waals surface area contributed by atoms with Crippen LogP contribution in [0.25, 0.3) is 0 Å². The van der Waals surface area contributed by atoms with E-state index >= 15 is 0 Å². The zero-order valence-corrected chi connectivity index (χ0v) is 24.0. The predicted octanol–water partition coefficient (Wildman–Crippen LogP) is 7.82. The van der Waals surface area contributed by atoms with E-state index in [9.17, 15) is 13.6 Å². The van der Waals surface area contributed by atoms with Crippen LogP contribution in [0, 0.1) is 11.8 Å². The van der Waals surface area contributed by atoms with E-state index in [-0.39, 0.29) is 40.2 Å². The lowest BCUT2D eigenvalue weighted by Gasteiger charge is -2.46. The maximum absolute atomic E-state index is 13.1. The average Bonchev–Trinajstić information content (AvgIpc) is 3.74. The van der Waals surface area contributed by atoms with Crippen molar-refractivity contribution in [3.8, 4) is 11.5 Å². The van der Waals surface area contributed by atoms with Crippen molar-refractivity contribution in [1.82, 2.24) is 4.90 Å². The fourth-order valence-corrected chi connectivity index (χ4v) is 7.01. The molecule has 0 amide bonds. The third kappa shape index (κ3) is 6.01. The number of carbonyl (C=O) groups excluding carboxylic acids is 1. The summed E-state index contributed by atoms with van der Waals surface area (Å²) in [7, 11) is 1.45. The van der Waals surface area contributed by atoms with Crippen LogP contribution in [-0.4, -0.2) is 43.3 Å². The molecule has 3 atom stereocenters. The number of methoxy groups -OCH3 is 1. The zero-order valence-electron chi connectivity index (χ0n) is 22.5. The molecule has 1 saturated heterocycles. The van der Waals surface area contributed by atoms with Gasteiger partial charge >= 0.3 is 12.6 Å². The Bertz CT molecular complexity index is 1210. The second kappa shape index (κ2) is 11.4. The van der Waals surface area contributed by atoms with Gasteiger partial charge in [0.1, 0.15) is 17.1 Å². The molecule has 5 nitrogen and oxygen atoms in total. The number of aryl methyl sites for hydroxylation is 1. The van der Waals surface area contributed by atoms with Gasteiger partial charge < -0.3 is 14.2 Å². The number of alkyl halides is 2. The van der Waals surface area contributed by atoms with E-state index in [1.807, 2.05) is 13.8 Å². The van der Waals surface area contributed by atoms with Crippen molar-refractivity contribution in [2.75, 3.05) is 20.2 Å². The molecule has 0 aromatic heterocycles. The Balaban J connectivity index is 1.31. The van der Waals surface area contributed by atoms with E-state index in [1.54, 1.807) is 6.07 Å². The third-order valence-corrected chi connectivity index (χ3v) is 9.34. The summed E-state index contributed by atoms with van der Waals surface area (Å²) >= 11 is 12.4. The van der Waals surface area contributed by atoms with Crippen LogP contribution in [-0.2, 0) is 16.0 Å². The first-order valence-electron chi connectivity index (χ1n) is 13.7. The molecule has 2 aromatic carbocycles. The number of hydrogen-bond acceptors (Lipinski definition) is 5. The van der Waals surface area contributed by atoms with Crippen LogP contribution >= 0.6 is 23.2 Å². The van der Waals surface area contributed by atoms with Gasteiger partial charge in [-0.1, -0.05) is 42.3 Å². The van der Waals surface area contributed by atoms with E-state index in [0.29, 0.717) is 16.5 Å². The van der Waals surface area contributed by atoms with Gasteiger partial charge in [0.2, 0.25) is 0 Å². The summed E-state index contributed by atoms with van der Waals surface area (Å²) in [6.07, 6.45) is 5.74. The van der Waals surface area contributed by atoms with Gasteiger partial charge in [-0.25, -0.2) is 0 Å². The minimum Gasteiger partial charge on any atom is -0.487 e. The Morgan fingerprint density at radius 2 is 1.82 bits per heavy atom. The highest BCUT2D eigenvalue weighted by Crippen LogP contribution is 2.49. The molecule has 0 N–H and O–H groups in total. The van der Waals surface area contributed by atoms with E-state index < -0.39 is 6.61 Å². The molecule has 1 spiro atoms. The number of fused-ring (bicyclic) bond motifs is 1. The molecule has 3 aliphatic rings. The topological polar surface area (TPSA) is 48.0 Å². The number of halogens is 4. The van der Waals surface area contributed by atoms with Crippen molar-refractivity contribution in [3.05, 3.63) is 57.1 Å².